The van der Waals surface area contributed by atoms with Gasteiger partial charge in [0.1, 0.15) is 11.1 Å². The molecule has 15 heavy (non-hydrogen) atoms. The number of aromatic nitrogens is 2. The fraction of sp³-hybridized carbons (Fsp3) is 0. The third kappa shape index (κ3) is 1.38. The molecule has 0 amide bonds. The Morgan fingerprint density at radius 1 is 1.07 bits per heavy atom. The molecule has 3 rings (SSSR count). The quantitative estimate of drug-likeness (QED) is 0.464. The maximum absolute atomic E-state index is 5.65. The van der Waals surface area contributed by atoms with E-state index in [0.717, 1.165) is 16.5 Å². The van der Waals surface area contributed by atoms with Crippen LogP contribution >= 0.6 is 31.9 Å². The molecule has 0 saturated carbocycles. The summed E-state index contributed by atoms with van der Waals surface area (Å²) >= 11 is 6.61. The van der Waals surface area contributed by atoms with Crippen molar-refractivity contribution in [1.29, 1.82) is 0 Å². The average molecular weight is 328 g/mol. The highest BCUT2D eigenvalue weighted by molar-refractivity contribution is 9.11. The first-order valence-corrected chi connectivity index (χ1v) is 5.84. The number of halogens is 2. The van der Waals surface area contributed by atoms with Crippen LogP contribution in [0.4, 0.5) is 0 Å². The SMILES string of the molecule is Brc1nc(Br)c2oc3ccccc3c2n1. The first kappa shape index (κ1) is 9.30. The van der Waals surface area contributed by atoms with E-state index in [0.29, 0.717) is 14.9 Å². The van der Waals surface area contributed by atoms with E-state index in [4.69, 9.17) is 4.42 Å². The third-order valence-corrected chi connectivity index (χ3v) is 3.04. The molecular formula is C10H4Br2N2O. The van der Waals surface area contributed by atoms with Crippen LogP contribution in [0.5, 0.6) is 0 Å². The van der Waals surface area contributed by atoms with E-state index in [2.05, 4.69) is 41.8 Å². The van der Waals surface area contributed by atoms with Gasteiger partial charge in [-0.3, -0.25) is 0 Å². The zero-order chi connectivity index (χ0) is 10.4. The first-order chi connectivity index (χ1) is 7.25. The Kier molecular flexibility index (Phi) is 2.03. The lowest BCUT2D eigenvalue weighted by atomic mass is 10.2. The largest absolute Gasteiger partial charge is 0.451 e. The lowest BCUT2D eigenvalue weighted by molar-refractivity contribution is 0.662. The highest BCUT2D eigenvalue weighted by Crippen LogP contribution is 2.31. The summed E-state index contributed by atoms with van der Waals surface area (Å²) in [7, 11) is 0. The highest BCUT2D eigenvalue weighted by Gasteiger charge is 2.12. The Labute approximate surface area is 102 Å². The molecular weight excluding hydrogens is 324 g/mol. The summed E-state index contributed by atoms with van der Waals surface area (Å²) in [6.45, 7) is 0. The number of hydrogen-bond acceptors (Lipinski definition) is 3. The standard InChI is InChI=1S/C10H4Br2N2O/c11-9-8-7(13-10(12)14-9)5-3-1-2-4-6(5)15-8/h1-4H. The third-order valence-electron chi connectivity index (χ3n) is 2.15. The van der Waals surface area contributed by atoms with Crippen molar-refractivity contribution in [1.82, 2.24) is 9.97 Å². The van der Waals surface area contributed by atoms with E-state index in [-0.39, 0.29) is 0 Å². The van der Waals surface area contributed by atoms with Crippen LogP contribution in [0.3, 0.4) is 0 Å². The number of furan rings is 1. The molecule has 0 aliphatic heterocycles. The average Bonchev–Trinajstić information content (AvgIpc) is 2.57. The van der Waals surface area contributed by atoms with Gasteiger partial charge in [-0.05, 0) is 44.0 Å². The second-order valence-corrected chi connectivity index (χ2v) is 4.52. The van der Waals surface area contributed by atoms with E-state index in [9.17, 15) is 0 Å². The molecule has 2 aromatic heterocycles. The van der Waals surface area contributed by atoms with Crippen LogP contribution in [-0.2, 0) is 0 Å². The van der Waals surface area contributed by atoms with Crippen molar-refractivity contribution in [3.63, 3.8) is 0 Å². The van der Waals surface area contributed by atoms with Crippen LogP contribution < -0.4 is 0 Å². The van der Waals surface area contributed by atoms with Crippen LogP contribution in [0.2, 0.25) is 0 Å². The van der Waals surface area contributed by atoms with Gasteiger partial charge in [0, 0.05) is 5.39 Å². The summed E-state index contributed by atoms with van der Waals surface area (Å²) in [5.74, 6) is 0. The number of nitrogens with zero attached hydrogens (tertiary/aromatic N) is 2. The second kappa shape index (κ2) is 3.28. The van der Waals surface area contributed by atoms with Crippen LogP contribution in [0, 0.1) is 0 Å². The van der Waals surface area contributed by atoms with Gasteiger partial charge in [-0.2, -0.15) is 0 Å². The van der Waals surface area contributed by atoms with Gasteiger partial charge in [0.15, 0.2) is 14.9 Å². The van der Waals surface area contributed by atoms with Crippen LogP contribution in [0.25, 0.3) is 22.1 Å². The molecule has 0 fully saturated rings. The van der Waals surface area contributed by atoms with Gasteiger partial charge in [0.05, 0.1) is 0 Å². The lowest BCUT2D eigenvalue weighted by Crippen LogP contribution is -1.83. The minimum absolute atomic E-state index is 0.549. The smallest absolute Gasteiger partial charge is 0.198 e. The Bertz CT molecular complexity index is 663. The Morgan fingerprint density at radius 3 is 2.73 bits per heavy atom. The topological polar surface area (TPSA) is 38.9 Å². The van der Waals surface area contributed by atoms with E-state index < -0.39 is 0 Å². The molecule has 1 aromatic carbocycles. The molecule has 0 bridgehead atoms. The molecule has 74 valence electrons. The van der Waals surface area contributed by atoms with Gasteiger partial charge < -0.3 is 4.42 Å². The predicted molar refractivity (Wildman–Crippen MR) is 64.7 cm³/mol. The molecule has 0 aliphatic carbocycles. The molecule has 2 heterocycles. The molecule has 0 spiro atoms. The van der Waals surface area contributed by atoms with E-state index in [1.165, 1.54) is 0 Å². The molecule has 0 radical (unpaired) electrons. The maximum atomic E-state index is 5.65. The van der Waals surface area contributed by atoms with Crippen molar-refractivity contribution >= 4 is 53.9 Å². The summed E-state index contributed by atoms with van der Waals surface area (Å²) in [6, 6.07) is 7.78. The minimum Gasteiger partial charge on any atom is -0.451 e. The predicted octanol–water partition coefficient (Wildman–Crippen LogP) is 3.90. The van der Waals surface area contributed by atoms with Gasteiger partial charge in [0.2, 0.25) is 0 Å². The monoisotopic (exact) mass is 326 g/mol. The van der Waals surface area contributed by atoms with Gasteiger partial charge in [-0.1, -0.05) is 12.1 Å². The summed E-state index contributed by atoms with van der Waals surface area (Å²) < 4.78 is 6.86. The summed E-state index contributed by atoms with van der Waals surface area (Å²) in [5, 5.41) is 0.997. The van der Waals surface area contributed by atoms with E-state index in [1.807, 2.05) is 24.3 Å². The molecule has 0 aliphatic rings. The normalized spacial score (nSPS) is 11.3. The van der Waals surface area contributed by atoms with Gasteiger partial charge in [-0.15, -0.1) is 0 Å². The van der Waals surface area contributed by atoms with Crippen LogP contribution in [0.1, 0.15) is 0 Å². The Hall–Kier alpha value is -0.940. The van der Waals surface area contributed by atoms with Crippen LogP contribution in [0.15, 0.2) is 38.0 Å². The molecule has 3 aromatic rings. The first-order valence-electron chi connectivity index (χ1n) is 4.26. The zero-order valence-electron chi connectivity index (χ0n) is 7.37. The van der Waals surface area contributed by atoms with Crippen molar-refractivity contribution in [3.8, 4) is 0 Å². The molecule has 0 unspecified atom stereocenters. The lowest BCUT2D eigenvalue weighted by Gasteiger charge is -1.92. The van der Waals surface area contributed by atoms with Crippen molar-refractivity contribution in [2.24, 2.45) is 0 Å². The maximum Gasteiger partial charge on any atom is 0.198 e. The van der Waals surface area contributed by atoms with Gasteiger partial charge in [0.25, 0.3) is 0 Å². The Morgan fingerprint density at radius 2 is 1.87 bits per heavy atom. The Balaban J connectivity index is 2.61. The molecule has 5 heteroatoms. The van der Waals surface area contributed by atoms with E-state index >= 15 is 0 Å². The summed E-state index contributed by atoms with van der Waals surface area (Å²) in [6.07, 6.45) is 0. The fourth-order valence-corrected chi connectivity index (χ4v) is 2.56. The number of para-hydroxylation sites is 1. The molecule has 0 saturated heterocycles. The highest BCUT2D eigenvalue weighted by atomic mass is 79.9. The number of fused-ring (bicyclic) bond motifs is 3. The molecule has 0 N–H and O–H groups in total. The zero-order valence-corrected chi connectivity index (χ0v) is 10.5. The van der Waals surface area contributed by atoms with Crippen molar-refractivity contribution in [3.05, 3.63) is 33.6 Å². The van der Waals surface area contributed by atoms with Crippen LogP contribution in [-0.4, -0.2) is 9.97 Å². The molecule has 3 nitrogen and oxygen atoms in total. The van der Waals surface area contributed by atoms with E-state index in [1.54, 1.807) is 0 Å². The van der Waals surface area contributed by atoms with Crippen molar-refractivity contribution in [2.75, 3.05) is 0 Å². The molecule has 0 atom stereocenters. The summed E-state index contributed by atoms with van der Waals surface area (Å²) in [4.78, 5) is 8.43. The van der Waals surface area contributed by atoms with Crippen molar-refractivity contribution in [2.45, 2.75) is 0 Å². The minimum atomic E-state index is 0.549. The van der Waals surface area contributed by atoms with Gasteiger partial charge in [-0.25, -0.2) is 9.97 Å². The summed E-state index contributed by atoms with van der Waals surface area (Å²) in [5.41, 5.74) is 2.32. The second-order valence-electron chi connectivity index (χ2n) is 3.06. The number of rotatable bonds is 0. The van der Waals surface area contributed by atoms with Gasteiger partial charge >= 0.3 is 0 Å². The number of hydrogen-bond donors (Lipinski definition) is 0. The number of benzene rings is 1. The fourth-order valence-electron chi connectivity index (χ4n) is 1.53. The van der Waals surface area contributed by atoms with Crippen molar-refractivity contribution < 1.29 is 4.42 Å².